The Balaban J connectivity index is 5.00. The van der Waals surface area contributed by atoms with Crippen molar-refractivity contribution in [1.82, 2.24) is 0 Å². The quantitative estimate of drug-likeness (QED) is 0.752. The van der Waals surface area contributed by atoms with Crippen LogP contribution in [-0.4, -0.2) is 24.1 Å². The summed E-state index contributed by atoms with van der Waals surface area (Å²) in [7, 11) is 0. The van der Waals surface area contributed by atoms with Crippen LogP contribution >= 0.6 is 0 Å². The van der Waals surface area contributed by atoms with E-state index in [0.29, 0.717) is 0 Å². The molecule has 0 aromatic carbocycles. The molecule has 0 saturated heterocycles. The molecule has 0 amide bonds. The van der Waals surface area contributed by atoms with Crippen LogP contribution in [0.4, 0.5) is 30.7 Å². The lowest BCUT2D eigenvalue weighted by atomic mass is 9.99. The Morgan fingerprint density at radius 1 is 1.00 bits per heavy atom. The summed E-state index contributed by atoms with van der Waals surface area (Å²) >= 11 is 0. The van der Waals surface area contributed by atoms with Crippen molar-refractivity contribution in [2.75, 3.05) is 0 Å². The Labute approximate surface area is 81.4 Å². The van der Waals surface area contributed by atoms with E-state index < -0.39 is 30.5 Å². The summed E-state index contributed by atoms with van der Waals surface area (Å²) < 4.78 is 85.0. The van der Waals surface area contributed by atoms with Crippen LogP contribution in [0.1, 0.15) is 19.8 Å². The fraction of sp³-hybridized carbons (Fsp3) is 1.00. The second-order valence-electron chi connectivity index (χ2n) is 3.09. The third-order valence-corrected chi connectivity index (χ3v) is 1.84. The molecule has 0 radical (unpaired) electrons. The zero-order chi connectivity index (χ0) is 12.5. The predicted octanol–water partition coefficient (Wildman–Crippen LogP) is 2.95. The fourth-order valence-corrected chi connectivity index (χ4v) is 0.914. The van der Waals surface area contributed by atoms with Gasteiger partial charge in [-0.25, -0.2) is 0 Å². The summed E-state index contributed by atoms with van der Waals surface area (Å²) in [5.41, 5.74) is 4.61. The third kappa shape index (κ3) is 2.53. The van der Waals surface area contributed by atoms with Crippen LogP contribution in [0.5, 0.6) is 0 Å². The first kappa shape index (κ1) is 14.5. The summed E-state index contributed by atoms with van der Waals surface area (Å²) in [5.74, 6) is -11.4. The van der Waals surface area contributed by atoms with Crippen LogP contribution in [-0.2, 0) is 0 Å². The lowest BCUT2D eigenvalue weighted by molar-refractivity contribution is -0.358. The standard InChI is InChI=1S/C7H10F7N/c1-2-3-4(15)5(8,9)6(10,11)7(12,13)14/h4H,2-3,15H2,1H3/t4-/m0/s1. The zero-order valence-corrected chi connectivity index (χ0v) is 7.71. The Morgan fingerprint density at radius 3 is 1.67 bits per heavy atom. The Morgan fingerprint density at radius 2 is 1.40 bits per heavy atom. The molecule has 2 N–H and O–H groups in total. The average Bonchev–Trinajstić information content (AvgIpc) is 2.02. The minimum absolute atomic E-state index is 0.00923. The molecular formula is C7H10F7N. The first-order chi connectivity index (χ1) is 6.48. The highest BCUT2D eigenvalue weighted by Gasteiger charge is 2.74. The molecule has 1 atom stereocenters. The average molecular weight is 241 g/mol. The van der Waals surface area contributed by atoms with Gasteiger partial charge in [-0.2, -0.15) is 30.7 Å². The smallest absolute Gasteiger partial charge is 0.322 e. The minimum atomic E-state index is -6.30. The molecule has 0 rings (SSSR count). The Bertz CT molecular complexity index is 210. The van der Waals surface area contributed by atoms with Crippen LogP contribution in [0.15, 0.2) is 0 Å². The minimum Gasteiger partial charge on any atom is -0.322 e. The monoisotopic (exact) mass is 241 g/mol. The van der Waals surface area contributed by atoms with Gasteiger partial charge in [-0.1, -0.05) is 13.3 Å². The summed E-state index contributed by atoms with van der Waals surface area (Å²) in [6.45, 7) is 1.35. The molecule has 0 bridgehead atoms. The second-order valence-corrected chi connectivity index (χ2v) is 3.09. The van der Waals surface area contributed by atoms with Gasteiger partial charge in [0, 0.05) is 0 Å². The number of hydrogen-bond acceptors (Lipinski definition) is 1. The van der Waals surface area contributed by atoms with Crippen molar-refractivity contribution >= 4 is 0 Å². The molecular weight excluding hydrogens is 231 g/mol. The summed E-state index contributed by atoms with van der Waals surface area (Å²) in [6.07, 6.45) is -6.93. The van der Waals surface area contributed by atoms with Gasteiger partial charge in [-0.3, -0.25) is 0 Å². The van der Waals surface area contributed by atoms with E-state index in [1.54, 1.807) is 0 Å². The van der Waals surface area contributed by atoms with Crippen molar-refractivity contribution < 1.29 is 30.7 Å². The summed E-state index contributed by atoms with van der Waals surface area (Å²) in [5, 5.41) is 0. The maximum Gasteiger partial charge on any atom is 0.459 e. The highest BCUT2D eigenvalue weighted by Crippen LogP contribution is 2.48. The molecule has 0 unspecified atom stereocenters. The van der Waals surface area contributed by atoms with Gasteiger partial charge in [0.25, 0.3) is 0 Å². The largest absolute Gasteiger partial charge is 0.459 e. The third-order valence-electron chi connectivity index (χ3n) is 1.84. The molecule has 0 aliphatic rings. The molecule has 0 aromatic heterocycles. The van der Waals surface area contributed by atoms with E-state index in [2.05, 4.69) is 5.73 Å². The molecule has 92 valence electrons. The van der Waals surface area contributed by atoms with Gasteiger partial charge in [0.05, 0.1) is 6.04 Å². The highest BCUT2D eigenvalue weighted by atomic mass is 19.4. The van der Waals surface area contributed by atoms with Crippen molar-refractivity contribution in [1.29, 1.82) is 0 Å². The molecule has 1 nitrogen and oxygen atoms in total. The molecule has 15 heavy (non-hydrogen) atoms. The number of nitrogens with two attached hydrogens (primary N) is 1. The van der Waals surface area contributed by atoms with Crippen LogP contribution in [0.2, 0.25) is 0 Å². The lowest BCUT2D eigenvalue weighted by Crippen LogP contribution is -2.60. The van der Waals surface area contributed by atoms with Gasteiger partial charge in [0.15, 0.2) is 0 Å². The normalized spacial score (nSPS) is 16.6. The molecule has 0 aromatic rings. The molecule has 0 spiro atoms. The predicted molar refractivity (Wildman–Crippen MR) is 38.8 cm³/mol. The summed E-state index contributed by atoms with van der Waals surface area (Å²) in [4.78, 5) is 0. The van der Waals surface area contributed by atoms with Crippen LogP contribution in [0.25, 0.3) is 0 Å². The van der Waals surface area contributed by atoms with E-state index in [1.807, 2.05) is 0 Å². The second kappa shape index (κ2) is 4.15. The van der Waals surface area contributed by atoms with Gasteiger partial charge in [0.2, 0.25) is 0 Å². The number of alkyl halides is 7. The maximum atomic E-state index is 12.7. The Kier molecular flexibility index (Phi) is 4.00. The maximum absolute atomic E-state index is 12.7. The van der Waals surface area contributed by atoms with Crippen molar-refractivity contribution in [2.24, 2.45) is 5.73 Å². The van der Waals surface area contributed by atoms with Gasteiger partial charge >= 0.3 is 18.0 Å². The number of hydrogen-bond donors (Lipinski definition) is 1. The van der Waals surface area contributed by atoms with Crippen molar-refractivity contribution in [2.45, 2.75) is 43.8 Å². The van der Waals surface area contributed by atoms with E-state index >= 15 is 0 Å². The van der Waals surface area contributed by atoms with Gasteiger partial charge in [-0.15, -0.1) is 0 Å². The Hall–Kier alpha value is -0.530. The SMILES string of the molecule is CCC[C@H](N)C(F)(F)C(F)(F)C(F)(F)F. The van der Waals surface area contributed by atoms with Crippen LogP contribution in [0.3, 0.4) is 0 Å². The van der Waals surface area contributed by atoms with E-state index in [4.69, 9.17) is 0 Å². The lowest BCUT2D eigenvalue weighted by Gasteiger charge is -2.32. The van der Waals surface area contributed by atoms with E-state index in [0.717, 1.165) is 0 Å². The first-order valence-corrected chi connectivity index (χ1v) is 4.06. The molecule has 0 heterocycles. The van der Waals surface area contributed by atoms with Crippen molar-refractivity contribution in [3.05, 3.63) is 0 Å². The molecule has 0 saturated carbocycles. The van der Waals surface area contributed by atoms with Crippen molar-refractivity contribution in [3.8, 4) is 0 Å². The molecule has 0 fully saturated rings. The number of halogens is 7. The van der Waals surface area contributed by atoms with Crippen molar-refractivity contribution in [3.63, 3.8) is 0 Å². The number of rotatable bonds is 4. The molecule has 8 heteroatoms. The highest BCUT2D eigenvalue weighted by molar-refractivity contribution is 4.97. The fourth-order valence-electron chi connectivity index (χ4n) is 0.914. The van der Waals surface area contributed by atoms with Gasteiger partial charge in [-0.05, 0) is 6.42 Å². The topological polar surface area (TPSA) is 26.0 Å². The first-order valence-electron chi connectivity index (χ1n) is 4.06. The molecule has 0 aliphatic carbocycles. The van der Waals surface area contributed by atoms with Crippen LogP contribution < -0.4 is 5.73 Å². The van der Waals surface area contributed by atoms with E-state index in [1.165, 1.54) is 6.92 Å². The van der Waals surface area contributed by atoms with Gasteiger partial charge < -0.3 is 5.73 Å². The zero-order valence-electron chi connectivity index (χ0n) is 7.71. The summed E-state index contributed by atoms with van der Waals surface area (Å²) in [6, 6.07) is -2.51. The van der Waals surface area contributed by atoms with Crippen LogP contribution in [0, 0.1) is 0 Å². The molecule has 0 aliphatic heterocycles. The van der Waals surface area contributed by atoms with Gasteiger partial charge in [0.1, 0.15) is 0 Å². The van der Waals surface area contributed by atoms with E-state index in [9.17, 15) is 30.7 Å². The van der Waals surface area contributed by atoms with E-state index in [-0.39, 0.29) is 6.42 Å².